The van der Waals surface area contributed by atoms with Crippen LogP contribution >= 0.6 is 0 Å². The van der Waals surface area contributed by atoms with Gasteiger partial charge in [0.15, 0.2) is 0 Å². The van der Waals surface area contributed by atoms with Gasteiger partial charge in [0.2, 0.25) is 10.0 Å². The van der Waals surface area contributed by atoms with Crippen LogP contribution in [0, 0.1) is 11.3 Å². The van der Waals surface area contributed by atoms with E-state index >= 15 is 0 Å². The lowest BCUT2D eigenvalue weighted by Crippen LogP contribution is -2.25. The second-order valence-corrected chi connectivity index (χ2v) is 6.04. The SMILES string of the molecule is N#Cc1ccc(CCNS(=O)(=O)c2ccccc2)cc1. The third-order valence-corrected chi connectivity index (χ3v) is 4.32. The first kappa shape index (κ1) is 14.3. The van der Waals surface area contributed by atoms with Crippen LogP contribution in [-0.4, -0.2) is 15.0 Å². The van der Waals surface area contributed by atoms with Crippen molar-refractivity contribution in [3.05, 3.63) is 65.7 Å². The Hall–Kier alpha value is -2.16. The average molecular weight is 286 g/mol. The Bertz CT molecular complexity index is 702. The predicted molar refractivity (Wildman–Crippen MR) is 76.5 cm³/mol. The molecule has 0 unspecified atom stereocenters. The fourth-order valence-corrected chi connectivity index (χ4v) is 2.81. The highest BCUT2D eigenvalue weighted by molar-refractivity contribution is 7.89. The lowest BCUT2D eigenvalue weighted by atomic mass is 10.1. The van der Waals surface area contributed by atoms with E-state index in [-0.39, 0.29) is 4.90 Å². The van der Waals surface area contributed by atoms with Crippen molar-refractivity contribution in [3.63, 3.8) is 0 Å². The summed E-state index contributed by atoms with van der Waals surface area (Å²) in [6.07, 6.45) is 0.581. The van der Waals surface area contributed by atoms with Crippen molar-refractivity contribution in [2.45, 2.75) is 11.3 Å². The van der Waals surface area contributed by atoms with Gasteiger partial charge in [0.25, 0.3) is 0 Å². The highest BCUT2D eigenvalue weighted by Crippen LogP contribution is 2.08. The summed E-state index contributed by atoms with van der Waals surface area (Å²) < 4.78 is 26.5. The Labute approximate surface area is 118 Å². The van der Waals surface area contributed by atoms with Gasteiger partial charge in [0.1, 0.15) is 0 Å². The van der Waals surface area contributed by atoms with Crippen molar-refractivity contribution in [1.29, 1.82) is 5.26 Å². The van der Waals surface area contributed by atoms with Crippen LogP contribution in [-0.2, 0) is 16.4 Å². The molecule has 0 heterocycles. The van der Waals surface area contributed by atoms with E-state index < -0.39 is 10.0 Å². The van der Waals surface area contributed by atoms with Crippen LogP contribution in [0.4, 0.5) is 0 Å². The molecular weight excluding hydrogens is 272 g/mol. The Morgan fingerprint density at radius 3 is 2.25 bits per heavy atom. The number of nitrogens with zero attached hydrogens (tertiary/aromatic N) is 1. The molecule has 0 aliphatic rings. The van der Waals surface area contributed by atoms with Gasteiger partial charge in [-0.1, -0.05) is 30.3 Å². The number of nitriles is 1. The molecule has 0 bridgehead atoms. The standard InChI is InChI=1S/C15H14N2O2S/c16-12-14-8-6-13(7-9-14)10-11-17-20(18,19)15-4-2-1-3-5-15/h1-9,17H,10-11H2. The molecule has 5 heteroatoms. The van der Waals surface area contributed by atoms with E-state index in [0.717, 1.165) is 5.56 Å². The van der Waals surface area contributed by atoms with Gasteiger partial charge in [-0.2, -0.15) is 5.26 Å². The molecule has 1 N–H and O–H groups in total. The number of nitrogens with one attached hydrogen (secondary N) is 1. The fourth-order valence-electron chi connectivity index (χ4n) is 1.76. The van der Waals surface area contributed by atoms with Gasteiger partial charge >= 0.3 is 0 Å². The maximum absolute atomic E-state index is 12.0. The maximum Gasteiger partial charge on any atom is 0.240 e. The van der Waals surface area contributed by atoms with E-state index in [9.17, 15) is 8.42 Å². The number of sulfonamides is 1. The molecule has 102 valence electrons. The Morgan fingerprint density at radius 2 is 1.65 bits per heavy atom. The van der Waals surface area contributed by atoms with Crippen molar-refractivity contribution in [2.75, 3.05) is 6.54 Å². The largest absolute Gasteiger partial charge is 0.240 e. The van der Waals surface area contributed by atoms with Crippen molar-refractivity contribution >= 4 is 10.0 Å². The molecule has 0 aliphatic heterocycles. The van der Waals surface area contributed by atoms with Gasteiger partial charge in [-0.15, -0.1) is 0 Å². The minimum Gasteiger partial charge on any atom is -0.211 e. The smallest absolute Gasteiger partial charge is 0.211 e. The lowest BCUT2D eigenvalue weighted by Gasteiger charge is -2.06. The van der Waals surface area contributed by atoms with Crippen LogP contribution in [0.15, 0.2) is 59.5 Å². The van der Waals surface area contributed by atoms with Crippen molar-refractivity contribution in [3.8, 4) is 6.07 Å². The highest BCUT2D eigenvalue weighted by Gasteiger charge is 2.11. The average Bonchev–Trinajstić information content (AvgIpc) is 2.49. The Morgan fingerprint density at radius 1 is 1.00 bits per heavy atom. The summed E-state index contributed by atoms with van der Waals surface area (Å²) in [4.78, 5) is 0.264. The molecule has 0 saturated heterocycles. The van der Waals surface area contributed by atoms with Crippen LogP contribution in [0.2, 0.25) is 0 Å². The highest BCUT2D eigenvalue weighted by atomic mass is 32.2. The minimum atomic E-state index is -3.45. The molecule has 20 heavy (non-hydrogen) atoms. The molecule has 0 aliphatic carbocycles. The van der Waals surface area contributed by atoms with E-state index in [0.29, 0.717) is 18.5 Å². The second-order valence-electron chi connectivity index (χ2n) is 4.27. The molecule has 2 rings (SSSR count). The van der Waals surface area contributed by atoms with Crippen molar-refractivity contribution in [1.82, 2.24) is 4.72 Å². The van der Waals surface area contributed by atoms with Crippen LogP contribution in [0.3, 0.4) is 0 Å². The second kappa shape index (κ2) is 6.33. The van der Waals surface area contributed by atoms with Gasteiger partial charge < -0.3 is 0 Å². The summed E-state index contributed by atoms with van der Waals surface area (Å²) in [6, 6.07) is 17.4. The monoisotopic (exact) mass is 286 g/mol. The van der Waals surface area contributed by atoms with Crippen LogP contribution in [0.25, 0.3) is 0 Å². The summed E-state index contributed by atoms with van der Waals surface area (Å²) in [5, 5.41) is 8.70. The molecule has 0 radical (unpaired) electrons. The molecule has 0 amide bonds. The van der Waals surface area contributed by atoms with E-state index in [2.05, 4.69) is 4.72 Å². The fraction of sp³-hybridized carbons (Fsp3) is 0.133. The lowest BCUT2D eigenvalue weighted by molar-refractivity contribution is 0.581. The zero-order valence-electron chi connectivity index (χ0n) is 10.8. The third kappa shape index (κ3) is 3.67. The summed E-state index contributed by atoms with van der Waals surface area (Å²) in [5.41, 5.74) is 1.58. The normalized spacial score (nSPS) is 10.9. The minimum absolute atomic E-state index is 0.264. The summed E-state index contributed by atoms with van der Waals surface area (Å²) in [6.45, 7) is 0.323. The van der Waals surface area contributed by atoms with E-state index in [1.165, 1.54) is 0 Å². The maximum atomic E-state index is 12.0. The summed E-state index contributed by atoms with van der Waals surface area (Å²) in [5.74, 6) is 0. The topological polar surface area (TPSA) is 70.0 Å². The zero-order valence-corrected chi connectivity index (χ0v) is 11.6. The van der Waals surface area contributed by atoms with Crippen molar-refractivity contribution in [2.24, 2.45) is 0 Å². The molecule has 0 spiro atoms. The Balaban J connectivity index is 1.94. The molecule has 2 aromatic rings. The summed E-state index contributed by atoms with van der Waals surface area (Å²) in [7, 11) is -3.45. The molecule has 0 saturated carbocycles. The molecule has 4 nitrogen and oxygen atoms in total. The van der Waals surface area contributed by atoms with Crippen LogP contribution in [0.1, 0.15) is 11.1 Å². The van der Waals surface area contributed by atoms with Crippen LogP contribution in [0.5, 0.6) is 0 Å². The molecule has 0 aromatic heterocycles. The van der Waals surface area contributed by atoms with Gasteiger partial charge in [-0.3, -0.25) is 0 Å². The number of hydrogen-bond donors (Lipinski definition) is 1. The van der Waals surface area contributed by atoms with Gasteiger partial charge in [0, 0.05) is 6.54 Å². The first-order chi connectivity index (χ1) is 9.62. The number of benzene rings is 2. The van der Waals surface area contributed by atoms with Gasteiger partial charge in [-0.25, -0.2) is 13.1 Å². The first-order valence-corrected chi connectivity index (χ1v) is 7.64. The molecule has 2 aromatic carbocycles. The molecule has 0 fully saturated rings. The first-order valence-electron chi connectivity index (χ1n) is 6.15. The van der Waals surface area contributed by atoms with E-state index in [1.54, 1.807) is 42.5 Å². The van der Waals surface area contributed by atoms with Gasteiger partial charge in [0.05, 0.1) is 16.5 Å². The predicted octanol–water partition coefficient (Wildman–Crippen LogP) is 2.08. The van der Waals surface area contributed by atoms with Gasteiger partial charge in [-0.05, 0) is 36.2 Å². The molecule has 0 atom stereocenters. The number of rotatable bonds is 5. The van der Waals surface area contributed by atoms with Crippen molar-refractivity contribution < 1.29 is 8.42 Å². The zero-order chi connectivity index (χ0) is 14.4. The molecular formula is C15H14N2O2S. The number of hydrogen-bond acceptors (Lipinski definition) is 3. The van der Waals surface area contributed by atoms with Crippen LogP contribution < -0.4 is 4.72 Å². The summed E-state index contributed by atoms with van der Waals surface area (Å²) >= 11 is 0. The quantitative estimate of drug-likeness (QED) is 0.914. The van der Waals surface area contributed by atoms with E-state index in [1.807, 2.05) is 18.2 Å². The Kier molecular flexibility index (Phi) is 4.51. The third-order valence-electron chi connectivity index (χ3n) is 2.84. The van der Waals surface area contributed by atoms with E-state index in [4.69, 9.17) is 5.26 Å².